The van der Waals surface area contributed by atoms with Crippen LogP contribution in [0, 0.1) is 0 Å². The second-order valence-corrected chi connectivity index (χ2v) is 8.65. The molecule has 0 radical (unpaired) electrons. The van der Waals surface area contributed by atoms with Crippen molar-refractivity contribution in [2.45, 2.75) is 25.3 Å². The molecule has 1 aliphatic heterocycles. The van der Waals surface area contributed by atoms with Gasteiger partial charge in [0.15, 0.2) is 6.54 Å². The van der Waals surface area contributed by atoms with Gasteiger partial charge >= 0.3 is 0 Å². The van der Waals surface area contributed by atoms with Crippen LogP contribution in [0.3, 0.4) is 0 Å². The first kappa shape index (κ1) is 18.4. The fourth-order valence-electron chi connectivity index (χ4n) is 3.72. The van der Waals surface area contributed by atoms with Gasteiger partial charge in [-0.3, -0.25) is 4.79 Å². The van der Waals surface area contributed by atoms with E-state index < -0.39 is 0 Å². The first-order chi connectivity index (χ1) is 13.2. The monoisotopic (exact) mass is 400 g/mol. The van der Waals surface area contributed by atoms with Crippen LogP contribution in [0.25, 0.3) is 10.2 Å². The van der Waals surface area contributed by atoms with E-state index in [1.54, 1.807) is 11.3 Å². The van der Waals surface area contributed by atoms with Crippen LogP contribution in [0.2, 0.25) is 5.02 Å². The SMILES string of the molecule is O=C(C[NH+]1CCC[C@H](c2nc3ccccc3s2)C1)NCc1cccc(Cl)c1. The number of halogens is 1. The van der Waals surface area contributed by atoms with Gasteiger partial charge in [-0.1, -0.05) is 35.9 Å². The summed E-state index contributed by atoms with van der Waals surface area (Å²) in [5.41, 5.74) is 2.11. The number of nitrogens with one attached hydrogen (secondary N) is 2. The number of hydrogen-bond acceptors (Lipinski definition) is 3. The molecule has 0 spiro atoms. The fourth-order valence-corrected chi connectivity index (χ4v) is 5.04. The highest BCUT2D eigenvalue weighted by Gasteiger charge is 2.28. The zero-order chi connectivity index (χ0) is 18.6. The van der Waals surface area contributed by atoms with Crippen molar-refractivity contribution in [3.05, 3.63) is 64.1 Å². The minimum atomic E-state index is 0.0925. The van der Waals surface area contributed by atoms with Gasteiger partial charge in [0.05, 0.1) is 29.2 Å². The second-order valence-electron chi connectivity index (χ2n) is 7.15. The van der Waals surface area contributed by atoms with Gasteiger partial charge in [-0.25, -0.2) is 4.98 Å². The van der Waals surface area contributed by atoms with Crippen molar-refractivity contribution in [2.24, 2.45) is 0 Å². The highest BCUT2D eigenvalue weighted by Crippen LogP contribution is 2.30. The van der Waals surface area contributed by atoms with Crippen LogP contribution in [0.5, 0.6) is 0 Å². The van der Waals surface area contributed by atoms with Crippen LogP contribution in [0.4, 0.5) is 0 Å². The summed E-state index contributed by atoms with van der Waals surface area (Å²) in [4.78, 5) is 18.5. The third kappa shape index (κ3) is 4.67. The predicted molar refractivity (Wildman–Crippen MR) is 110 cm³/mol. The van der Waals surface area contributed by atoms with E-state index in [1.807, 2.05) is 30.3 Å². The molecule has 6 heteroatoms. The molecule has 2 atom stereocenters. The van der Waals surface area contributed by atoms with Crippen LogP contribution in [-0.2, 0) is 11.3 Å². The Morgan fingerprint density at radius 2 is 2.15 bits per heavy atom. The molecule has 0 aliphatic carbocycles. The molecule has 140 valence electrons. The second kappa shape index (κ2) is 8.38. The summed E-state index contributed by atoms with van der Waals surface area (Å²) in [6.07, 6.45) is 2.30. The lowest BCUT2D eigenvalue weighted by Gasteiger charge is -2.28. The number of thiazole rings is 1. The van der Waals surface area contributed by atoms with E-state index in [-0.39, 0.29) is 5.91 Å². The van der Waals surface area contributed by atoms with Gasteiger partial charge in [0, 0.05) is 11.6 Å². The van der Waals surface area contributed by atoms with Crippen molar-refractivity contribution in [1.29, 1.82) is 0 Å². The maximum atomic E-state index is 12.4. The summed E-state index contributed by atoms with van der Waals surface area (Å²) in [7, 11) is 0. The Labute approximate surface area is 168 Å². The summed E-state index contributed by atoms with van der Waals surface area (Å²) in [6.45, 7) is 3.06. The lowest BCUT2D eigenvalue weighted by atomic mass is 9.99. The average molecular weight is 401 g/mol. The number of aromatic nitrogens is 1. The highest BCUT2D eigenvalue weighted by atomic mass is 35.5. The van der Waals surface area contributed by atoms with Crippen LogP contribution in [0.1, 0.15) is 29.3 Å². The number of nitrogens with zero attached hydrogens (tertiary/aromatic N) is 1. The Kier molecular flexibility index (Phi) is 5.72. The molecule has 1 aliphatic rings. The third-order valence-corrected chi connectivity index (χ3v) is 6.50. The van der Waals surface area contributed by atoms with Crippen LogP contribution < -0.4 is 10.2 Å². The Hall–Kier alpha value is -1.95. The predicted octanol–water partition coefficient (Wildman–Crippen LogP) is 3.03. The third-order valence-electron chi connectivity index (χ3n) is 5.07. The van der Waals surface area contributed by atoms with Crippen molar-refractivity contribution < 1.29 is 9.69 Å². The van der Waals surface area contributed by atoms with E-state index >= 15 is 0 Å². The topological polar surface area (TPSA) is 46.4 Å². The van der Waals surface area contributed by atoms with E-state index in [1.165, 1.54) is 14.6 Å². The maximum Gasteiger partial charge on any atom is 0.275 e. The van der Waals surface area contributed by atoms with Crippen molar-refractivity contribution in [3.8, 4) is 0 Å². The standard InChI is InChI=1S/C21H22ClN3OS/c22-17-7-3-5-15(11-17)12-23-20(26)14-25-10-4-6-16(13-25)21-24-18-8-1-2-9-19(18)27-21/h1-3,5,7-9,11,16H,4,6,10,12-14H2,(H,23,26)/p+1/t16-/m0/s1. The van der Waals surface area contributed by atoms with E-state index in [0.717, 1.165) is 37.0 Å². The van der Waals surface area contributed by atoms with E-state index in [9.17, 15) is 4.79 Å². The molecule has 3 aromatic rings. The summed E-state index contributed by atoms with van der Waals surface area (Å²) >= 11 is 7.79. The minimum Gasteiger partial charge on any atom is -0.347 e. The lowest BCUT2D eigenvalue weighted by Crippen LogP contribution is -3.14. The molecule has 1 fully saturated rings. The lowest BCUT2D eigenvalue weighted by molar-refractivity contribution is -0.898. The van der Waals surface area contributed by atoms with Gasteiger partial charge in [-0.15, -0.1) is 11.3 Å². The van der Waals surface area contributed by atoms with Crippen molar-refractivity contribution in [2.75, 3.05) is 19.6 Å². The Balaban J connectivity index is 1.33. The zero-order valence-corrected chi connectivity index (χ0v) is 16.7. The first-order valence-electron chi connectivity index (χ1n) is 9.37. The molecule has 1 unspecified atom stereocenters. The number of carbonyl (C=O) groups excluding carboxylic acids is 1. The highest BCUT2D eigenvalue weighted by molar-refractivity contribution is 7.18. The van der Waals surface area contributed by atoms with E-state index in [0.29, 0.717) is 24.0 Å². The summed E-state index contributed by atoms with van der Waals surface area (Å²) in [6, 6.07) is 15.9. The van der Waals surface area contributed by atoms with Gasteiger partial charge in [0.25, 0.3) is 5.91 Å². The summed E-state index contributed by atoms with van der Waals surface area (Å²) < 4.78 is 1.25. The molecule has 1 aromatic heterocycles. The van der Waals surface area contributed by atoms with E-state index in [4.69, 9.17) is 16.6 Å². The molecule has 0 saturated carbocycles. The maximum absolute atomic E-state index is 12.4. The summed E-state index contributed by atoms with van der Waals surface area (Å²) in [5.74, 6) is 0.543. The molecule has 2 N–H and O–H groups in total. The molecule has 4 rings (SSSR count). The Morgan fingerprint density at radius 3 is 3.00 bits per heavy atom. The van der Waals surface area contributed by atoms with Crippen LogP contribution in [0.15, 0.2) is 48.5 Å². The molecule has 27 heavy (non-hydrogen) atoms. The Bertz CT molecular complexity index is 909. The quantitative estimate of drug-likeness (QED) is 0.691. The van der Waals surface area contributed by atoms with Crippen LogP contribution >= 0.6 is 22.9 Å². The first-order valence-corrected chi connectivity index (χ1v) is 10.6. The number of quaternary nitrogens is 1. The number of fused-ring (bicyclic) bond motifs is 1. The molecule has 0 bridgehead atoms. The molecular weight excluding hydrogens is 378 g/mol. The molecular formula is C21H23ClN3OS+. The molecule has 2 aromatic carbocycles. The molecule has 2 heterocycles. The number of amides is 1. The van der Waals surface area contributed by atoms with E-state index in [2.05, 4.69) is 23.5 Å². The number of benzene rings is 2. The minimum absolute atomic E-state index is 0.0925. The largest absolute Gasteiger partial charge is 0.347 e. The Morgan fingerprint density at radius 1 is 1.26 bits per heavy atom. The van der Waals surface area contributed by atoms with Crippen molar-refractivity contribution >= 4 is 39.1 Å². The number of hydrogen-bond donors (Lipinski definition) is 2. The zero-order valence-electron chi connectivity index (χ0n) is 15.1. The number of likely N-dealkylation sites (tertiary alicyclic amines) is 1. The normalized spacial score (nSPS) is 19.9. The van der Waals surface area contributed by atoms with Gasteiger partial charge in [-0.2, -0.15) is 0 Å². The number of rotatable bonds is 5. The smallest absolute Gasteiger partial charge is 0.275 e. The van der Waals surface area contributed by atoms with Crippen molar-refractivity contribution in [3.63, 3.8) is 0 Å². The van der Waals surface area contributed by atoms with Gasteiger partial charge in [-0.05, 0) is 42.7 Å². The molecule has 4 nitrogen and oxygen atoms in total. The summed E-state index contributed by atoms with van der Waals surface area (Å²) in [5, 5.41) is 4.93. The average Bonchev–Trinajstić information content (AvgIpc) is 3.11. The number of para-hydroxylation sites is 1. The van der Waals surface area contributed by atoms with Gasteiger partial charge < -0.3 is 10.2 Å². The molecule has 1 saturated heterocycles. The number of piperidine rings is 1. The molecule has 1 amide bonds. The fraction of sp³-hybridized carbons (Fsp3) is 0.333. The number of carbonyl (C=O) groups is 1. The van der Waals surface area contributed by atoms with Gasteiger partial charge in [0.2, 0.25) is 0 Å². The van der Waals surface area contributed by atoms with Crippen molar-refractivity contribution in [1.82, 2.24) is 10.3 Å². The van der Waals surface area contributed by atoms with Gasteiger partial charge in [0.1, 0.15) is 5.01 Å². The van der Waals surface area contributed by atoms with Crippen LogP contribution in [-0.4, -0.2) is 30.5 Å².